The Kier molecular flexibility index (Phi) is 5.35. The van der Waals surface area contributed by atoms with Crippen molar-refractivity contribution in [2.45, 2.75) is 39.1 Å². The van der Waals surface area contributed by atoms with E-state index >= 15 is 0 Å². The predicted octanol–water partition coefficient (Wildman–Crippen LogP) is 2.48. The molecule has 29 heavy (non-hydrogen) atoms. The molecule has 2 aromatic carbocycles. The van der Waals surface area contributed by atoms with E-state index in [9.17, 15) is 21.6 Å². The van der Waals surface area contributed by atoms with Crippen LogP contribution in [0, 0.1) is 19.3 Å². The second-order valence-corrected chi connectivity index (χ2v) is 11.5. The molecule has 1 N–H and O–H groups in total. The largest absolute Gasteiger partial charge is 0.273 e. The van der Waals surface area contributed by atoms with Crippen molar-refractivity contribution in [2.24, 2.45) is 5.41 Å². The number of carbonyl (C=O) groups excluding carboxylic acids is 1. The summed E-state index contributed by atoms with van der Waals surface area (Å²) in [5.74, 6) is -0.805. The number of carbonyl (C=O) groups is 1. The van der Waals surface area contributed by atoms with E-state index in [1.165, 1.54) is 18.2 Å². The monoisotopic (exact) mass is 436 g/mol. The van der Waals surface area contributed by atoms with Crippen LogP contribution < -0.4 is 9.03 Å². The molecule has 156 valence electrons. The molecule has 0 unspecified atom stereocenters. The third-order valence-corrected chi connectivity index (χ3v) is 8.56. The van der Waals surface area contributed by atoms with Crippen molar-refractivity contribution < 1.29 is 21.6 Å². The summed E-state index contributed by atoms with van der Waals surface area (Å²) in [6.45, 7) is 6.77. The highest BCUT2D eigenvalue weighted by Crippen LogP contribution is 2.36. The van der Waals surface area contributed by atoms with E-state index in [0.29, 0.717) is 5.56 Å². The van der Waals surface area contributed by atoms with E-state index in [0.717, 1.165) is 15.4 Å². The molecule has 1 saturated heterocycles. The van der Waals surface area contributed by atoms with Gasteiger partial charge in [-0.05, 0) is 62.6 Å². The Labute approximate surface area is 171 Å². The second kappa shape index (κ2) is 7.23. The first-order valence-corrected chi connectivity index (χ1v) is 12.2. The number of anilines is 1. The summed E-state index contributed by atoms with van der Waals surface area (Å²) in [6.07, 6.45) is 0. The lowest BCUT2D eigenvalue weighted by Crippen LogP contribution is -2.33. The van der Waals surface area contributed by atoms with Gasteiger partial charge in [0.15, 0.2) is 0 Å². The van der Waals surface area contributed by atoms with E-state index in [2.05, 4.69) is 4.72 Å². The van der Waals surface area contributed by atoms with Crippen LogP contribution in [0.3, 0.4) is 0 Å². The first kappa shape index (κ1) is 21.5. The van der Waals surface area contributed by atoms with Gasteiger partial charge < -0.3 is 0 Å². The molecule has 0 spiro atoms. The summed E-state index contributed by atoms with van der Waals surface area (Å²) in [4.78, 5) is 12.6. The maximum Gasteiger partial charge on any atom is 0.247 e. The highest BCUT2D eigenvalue weighted by Gasteiger charge is 2.50. The first-order chi connectivity index (χ1) is 13.3. The number of nitrogens with zero attached hydrogens (tertiary/aromatic N) is 1. The zero-order chi connectivity index (χ0) is 21.6. The normalized spacial score (nSPS) is 18.2. The van der Waals surface area contributed by atoms with Crippen LogP contribution in [0.2, 0.25) is 0 Å². The van der Waals surface area contributed by atoms with Gasteiger partial charge in [0.1, 0.15) is 0 Å². The zero-order valence-corrected chi connectivity index (χ0v) is 18.4. The van der Waals surface area contributed by atoms with Crippen LogP contribution in [-0.4, -0.2) is 28.5 Å². The lowest BCUT2D eigenvalue weighted by Gasteiger charge is -2.19. The minimum Gasteiger partial charge on any atom is -0.273 e. The minimum atomic E-state index is -3.81. The van der Waals surface area contributed by atoms with E-state index in [1.807, 2.05) is 31.2 Å². The number of aryl methyl sites for hydroxylation is 2. The molecule has 0 atom stereocenters. The average Bonchev–Trinajstić information content (AvgIpc) is 2.76. The van der Waals surface area contributed by atoms with Gasteiger partial charge in [-0.25, -0.2) is 25.9 Å². The van der Waals surface area contributed by atoms with Gasteiger partial charge >= 0.3 is 0 Å². The highest BCUT2D eigenvalue weighted by atomic mass is 32.2. The van der Waals surface area contributed by atoms with E-state index in [1.54, 1.807) is 20.8 Å². The molecule has 3 rings (SSSR count). The van der Waals surface area contributed by atoms with Crippen LogP contribution in [0.5, 0.6) is 0 Å². The molecule has 0 bridgehead atoms. The molecular weight excluding hydrogens is 412 g/mol. The van der Waals surface area contributed by atoms with Gasteiger partial charge in [0.25, 0.3) is 0 Å². The Bertz CT molecular complexity index is 1190. The number of sulfonamides is 2. The number of nitrogens with one attached hydrogen (secondary N) is 1. The molecule has 2 aromatic rings. The van der Waals surface area contributed by atoms with Gasteiger partial charge in [-0.1, -0.05) is 24.3 Å². The van der Waals surface area contributed by atoms with Gasteiger partial charge in [-0.15, -0.1) is 0 Å². The molecule has 0 aromatic heterocycles. The molecule has 9 heteroatoms. The predicted molar refractivity (Wildman–Crippen MR) is 111 cm³/mol. The summed E-state index contributed by atoms with van der Waals surface area (Å²) in [5, 5.41) is 0. The van der Waals surface area contributed by atoms with E-state index in [4.69, 9.17) is 0 Å². The fraction of sp³-hybridized carbons (Fsp3) is 0.350. The lowest BCUT2D eigenvalue weighted by atomic mass is 9.95. The van der Waals surface area contributed by atoms with Crippen LogP contribution in [0.15, 0.2) is 47.4 Å². The van der Waals surface area contributed by atoms with Crippen molar-refractivity contribution in [1.29, 1.82) is 0 Å². The number of amides is 1. The molecule has 7 nitrogen and oxygen atoms in total. The van der Waals surface area contributed by atoms with Gasteiger partial charge in [0, 0.05) is 6.54 Å². The Morgan fingerprint density at radius 3 is 2.28 bits per heavy atom. The molecule has 0 radical (unpaired) electrons. The fourth-order valence-electron chi connectivity index (χ4n) is 3.38. The van der Waals surface area contributed by atoms with Crippen LogP contribution in [-0.2, 0) is 31.4 Å². The summed E-state index contributed by atoms with van der Waals surface area (Å²) in [6, 6.07) is 11.6. The fourth-order valence-corrected chi connectivity index (χ4v) is 6.71. The van der Waals surface area contributed by atoms with Gasteiger partial charge in [0.05, 0.1) is 21.8 Å². The zero-order valence-electron chi connectivity index (χ0n) is 16.8. The second-order valence-electron chi connectivity index (χ2n) is 7.91. The number of benzene rings is 2. The van der Waals surface area contributed by atoms with Crippen molar-refractivity contribution in [3.8, 4) is 0 Å². The average molecular weight is 437 g/mol. The van der Waals surface area contributed by atoms with Gasteiger partial charge in [-0.2, -0.15) is 0 Å². The van der Waals surface area contributed by atoms with Crippen molar-refractivity contribution in [1.82, 2.24) is 4.72 Å². The summed E-state index contributed by atoms with van der Waals surface area (Å²) in [5.41, 5.74) is 1.32. The summed E-state index contributed by atoms with van der Waals surface area (Å²) in [7, 11) is -7.61. The van der Waals surface area contributed by atoms with E-state index < -0.39 is 31.4 Å². The first-order valence-electron chi connectivity index (χ1n) is 9.07. The van der Waals surface area contributed by atoms with Crippen molar-refractivity contribution in [3.63, 3.8) is 0 Å². The van der Waals surface area contributed by atoms with Crippen LogP contribution >= 0.6 is 0 Å². The Morgan fingerprint density at radius 2 is 1.72 bits per heavy atom. The van der Waals surface area contributed by atoms with Gasteiger partial charge in [0.2, 0.25) is 26.0 Å². The van der Waals surface area contributed by atoms with Crippen LogP contribution in [0.25, 0.3) is 0 Å². The summed E-state index contributed by atoms with van der Waals surface area (Å²) < 4.78 is 53.8. The molecule has 1 heterocycles. The van der Waals surface area contributed by atoms with Crippen LogP contribution in [0.1, 0.15) is 30.5 Å². The number of hydrogen-bond donors (Lipinski definition) is 1. The Hall–Kier alpha value is -2.23. The maximum absolute atomic E-state index is 12.8. The SMILES string of the molecule is Cc1ccccc1CNS(=O)(=O)c1ccc(N2C(=O)C(C)(C)CS2(=O)=O)cc1C. The smallest absolute Gasteiger partial charge is 0.247 e. The lowest BCUT2D eigenvalue weighted by molar-refractivity contribution is -0.123. The third-order valence-electron chi connectivity index (χ3n) is 4.98. The van der Waals surface area contributed by atoms with Gasteiger partial charge in [-0.3, -0.25) is 4.79 Å². The molecule has 1 aliphatic heterocycles. The molecule has 0 aliphatic carbocycles. The molecule has 1 aliphatic rings. The maximum atomic E-state index is 12.8. The van der Waals surface area contributed by atoms with E-state index in [-0.39, 0.29) is 22.9 Å². The molecule has 0 saturated carbocycles. The number of hydrogen-bond acceptors (Lipinski definition) is 5. The minimum absolute atomic E-state index is 0.0399. The van der Waals surface area contributed by atoms with Crippen molar-refractivity contribution in [2.75, 3.05) is 10.1 Å². The Morgan fingerprint density at radius 1 is 1.07 bits per heavy atom. The molecule has 1 amide bonds. The molecular formula is C20H24N2O5S2. The quantitative estimate of drug-likeness (QED) is 0.776. The number of rotatable bonds is 5. The topological polar surface area (TPSA) is 101 Å². The van der Waals surface area contributed by atoms with Crippen molar-refractivity contribution >= 4 is 31.6 Å². The highest BCUT2D eigenvalue weighted by molar-refractivity contribution is 7.94. The molecule has 1 fully saturated rings. The Balaban J connectivity index is 1.90. The van der Waals surface area contributed by atoms with Crippen LogP contribution in [0.4, 0.5) is 5.69 Å². The van der Waals surface area contributed by atoms with Crippen molar-refractivity contribution in [3.05, 3.63) is 59.2 Å². The summed E-state index contributed by atoms with van der Waals surface area (Å²) >= 11 is 0. The third kappa shape index (κ3) is 4.08. The standard InChI is InChI=1S/C20H24N2O5S2/c1-14-7-5-6-8-16(14)12-21-29(26,27)18-10-9-17(11-15(18)2)22-19(23)20(3,4)13-28(22,24)25/h5-11,21H,12-13H2,1-4H3.